The second-order valence-corrected chi connectivity index (χ2v) is 6.33. The Bertz CT molecular complexity index is 476. The van der Waals surface area contributed by atoms with E-state index < -0.39 is 10.0 Å². The molecule has 0 aromatic heterocycles. The predicted octanol–water partition coefficient (Wildman–Crippen LogP) is 3.29. The third-order valence-electron chi connectivity index (χ3n) is 2.05. The van der Waals surface area contributed by atoms with E-state index in [0.717, 1.165) is 6.42 Å². The first kappa shape index (κ1) is 15.1. The smallest absolute Gasteiger partial charge is 0.211 e. The van der Waals surface area contributed by atoms with Crippen molar-refractivity contribution >= 4 is 44.8 Å². The van der Waals surface area contributed by atoms with Gasteiger partial charge in [-0.05, 0) is 31.0 Å². The molecule has 0 atom stereocenters. The minimum atomic E-state index is -3.52. The zero-order chi connectivity index (χ0) is 12.9. The van der Waals surface area contributed by atoms with Crippen LogP contribution in [0.5, 0.6) is 0 Å². The Morgan fingerprint density at radius 1 is 1.12 bits per heavy atom. The molecule has 0 spiro atoms. The number of hydrogen-bond acceptors (Lipinski definition) is 2. The number of nitrogens with one attached hydrogen (secondary N) is 1. The van der Waals surface area contributed by atoms with Crippen LogP contribution in [0.4, 0.5) is 0 Å². The first-order chi connectivity index (χ1) is 7.97. The minimum absolute atomic E-state index is 0.109. The molecule has 0 saturated heterocycles. The number of benzene rings is 1. The van der Waals surface area contributed by atoms with Crippen molar-refractivity contribution in [3.8, 4) is 0 Å². The first-order valence-corrected chi connectivity index (χ1v) is 7.75. The summed E-state index contributed by atoms with van der Waals surface area (Å²) >= 11 is 17.0. The normalized spacial score (nSPS) is 11.7. The molecule has 1 aromatic carbocycles. The van der Waals surface area contributed by atoms with Gasteiger partial charge in [0.15, 0.2) is 0 Å². The van der Waals surface area contributed by atoms with Gasteiger partial charge < -0.3 is 0 Å². The highest BCUT2D eigenvalue weighted by molar-refractivity contribution is 7.89. The lowest BCUT2D eigenvalue weighted by Gasteiger charge is -2.07. The van der Waals surface area contributed by atoms with Crippen LogP contribution in [0.25, 0.3) is 0 Å². The van der Waals surface area contributed by atoms with E-state index in [1.165, 1.54) is 18.2 Å². The molecule has 0 aliphatic heterocycles. The second-order valence-electron chi connectivity index (χ2n) is 3.37. The summed E-state index contributed by atoms with van der Waals surface area (Å²) in [6.45, 7) is 0.356. The molecule has 0 bridgehead atoms. The zero-order valence-corrected chi connectivity index (χ0v) is 12.0. The maximum Gasteiger partial charge on any atom is 0.240 e. The van der Waals surface area contributed by atoms with Crippen molar-refractivity contribution in [2.24, 2.45) is 0 Å². The van der Waals surface area contributed by atoms with Crippen LogP contribution < -0.4 is 4.72 Å². The summed E-state index contributed by atoms with van der Waals surface area (Å²) in [6.07, 6.45) is 1.47. The Hall–Kier alpha value is -0.000000000000000111. The molecule has 1 aromatic rings. The Kier molecular flexibility index (Phi) is 6.03. The van der Waals surface area contributed by atoms with Crippen LogP contribution >= 0.6 is 34.8 Å². The van der Waals surface area contributed by atoms with Gasteiger partial charge in [0, 0.05) is 12.4 Å². The van der Waals surface area contributed by atoms with E-state index in [9.17, 15) is 8.42 Å². The lowest BCUT2D eigenvalue weighted by Crippen LogP contribution is -2.24. The SMILES string of the molecule is O=S(=O)(NCCCCCl)c1ccc(Cl)c(Cl)c1. The summed E-state index contributed by atoms with van der Waals surface area (Å²) in [5, 5.41) is 0.544. The third kappa shape index (κ3) is 4.64. The lowest BCUT2D eigenvalue weighted by atomic mass is 10.3. The average molecular weight is 317 g/mol. The van der Waals surface area contributed by atoms with Crippen LogP contribution in [0, 0.1) is 0 Å². The molecule has 1 N–H and O–H groups in total. The summed E-state index contributed by atoms with van der Waals surface area (Å²) in [4.78, 5) is 0.109. The fourth-order valence-corrected chi connectivity index (χ4v) is 2.81. The molecule has 0 saturated carbocycles. The molecule has 0 heterocycles. The van der Waals surface area contributed by atoms with Gasteiger partial charge in [-0.3, -0.25) is 0 Å². The lowest BCUT2D eigenvalue weighted by molar-refractivity contribution is 0.578. The van der Waals surface area contributed by atoms with E-state index in [1.54, 1.807) is 0 Å². The molecule has 0 fully saturated rings. The minimum Gasteiger partial charge on any atom is -0.211 e. The summed E-state index contributed by atoms with van der Waals surface area (Å²) < 4.78 is 26.1. The van der Waals surface area contributed by atoms with Crippen molar-refractivity contribution in [3.63, 3.8) is 0 Å². The monoisotopic (exact) mass is 315 g/mol. The van der Waals surface area contributed by atoms with Crippen molar-refractivity contribution in [1.29, 1.82) is 0 Å². The highest BCUT2D eigenvalue weighted by Gasteiger charge is 2.14. The Morgan fingerprint density at radius 2 is 1.82 bits per heavy atom. The van der Waals surface area contributed by atoms with E-state index in [1.807, 2.05) is 0 Å². The van der Waals surface area contributed by atoms with Crippen LogP contribution in [0.2, 0.25) is 10.0 Å². The molecule has 7 heteroatoms. The molecule has 0 amide bonds. The van der Waals surface area contributed by atoms with E-state index in [2.05, 4.69) is 4.72 Å². The van der Waals surface area contributed by atoms with Gasteiger partial charge in [-0.2, -0.15) is 0 Å². The topological polar surface area (TPSA) is 46.2 Å². The van der Waals surface area contributed by atoms with Crippen molar-refractivity contribution < 1.29 is 8.42 Å². The summed E-state index contributed by atoms with van der Waals surface area (Å²) in [6, 6.07) is 4.20. The van der Waals surface area contributed by atoms with Gasteiger partial charge in [0.05, 0.1) is 14.9 Å². The largest absolute Gasteiger partial charge is 0.240 e. The number of halogens is 3. The number of unbranched alkanes of at least 4 members (excludes halogenated alkanes) is 1. The molecule has 3 nitrogen and oxygen atoms in total. The Morgan fingerprint density at radius 3 is 2.41 bits per heavy atom. The van der Waals surface area contributed by atoms with Gasteiger partial charge in [0.2, 0.25) is 10.0 Å². The van der Waals surface area contributed by atoms with E-state index >= 15 is 0 Å². The summed E-state index contributed by atoms with van der Waals surface area (Å²) in [5.41, 5.74) is 0. The van der Waals surface area contributed by atoms with Crippen molar-refractivity contribution in [2.75, 3.05) is 12.4 Å². The van der Waals surface area contributed by atoms with Gasteiger partial charge in [0.1, 0.15) is 0 Å². The number of rotatable bonds is 6. The van der Waals surface area contributed by atoms with Crippen LogP contribution in [0.15, 0.2) is 23.1 Å². The predicted molar refractivity (Wildman–Crippen MR) is 71.6 cm³/mol. The fourth-order valence-electron chi connectivity index (χ4n) is 1.15. The maximum absolute atomic E-state index is 11.8. The van der Waals surface area contributed by atoms with Crippen LogP contribution in [0.3, 0.4) is 0 Å². The van der Waals surface area contributed by atoms with Crippen LogP contribution in [0.1, 0.15) is 12.8 Å². The summed E-state index contributed by atoms with van der Waals surface area (Å²) in [5.74, 6) is 0.522. The number of alkyl halides is 1. The molecule has 0 radical (unpaired) electrons. The highest BCUT2D eigenvalue weighted by atomic mass is 35.5. The molecule has 96 valence electrons. The standard InChI is InChI=1S/C10H12Cl3NO2S/c11-5-1-2-6-14-17(15,16)8-3-4-9(12)10(13)7-8/h3-4,7,14H,1-2,5-6H2. The van der Waals surface area contributed by atoms with Crippen LogP contribution in [-0.2, 0) is 10.0 Å². The Labute approximate surface area is 116 Å². The van der Waals surface area contributed by atoms with Gasteiger partial charge in [-0.1, -0.05) is 23.2 Å². The number of hydrogen-bond donors (Lipinski definition) is 1. The quantitative estimate of drug-likeness (QED) is 0.646. The average Bonchev–Trinajstić information content (AvgIpc) is 2.28. The number of sulfonamides is 1. The van der Waals surface area contributed by atoms with Crippen molar-refractivity contribution in [1.82, 2.24) is 4.72 Å². The van der Waals surface area contributed by atoms with Crippen molar-refractivity contribution in [3.05, 3.63) is 28.2 Å². The fraction of sp³-hybridized carbons (Fsp3) is 0.400. The first-order valence-electron chi connectivity index (χ1n) is 4.98. The van der Waals surface area contributed by atoms with Crippen LogP contribution in [-0.4, -0.2) is 20.8 Å². The molecule has 1 rings (SSSR count). The summed E-state index contributed by atoms with van der Waals surface area (Å²) in [7, 11) is -3.52. The Balaban J connectivity index is 2.72. The van der Waals surface area contributed by atoms with E-state index in [4.69, 9.17) is 34.8 Å². The highest BCUT2D eigenvalue weighted by Crippen LogP contribution is 2.24. The second kappa shape index (κ2) is 6.81. The van der Waals surface area contributed by atoms with E-state index in [0.29, 0.717) is 23.9 Å². The van der Waals surface area contributed by atoms with Gasteiger partial charge in [-0.25, -0.2) is 13.1 Å². The van der Waals surface area contributed by atoms with Gasteiger partial charge in [-0.15, -0.1) is 11.6 Å². The molecular formula is C10H12Cl3NO2S. The zero-order valence-electron chi connectivity index (χ0n) is 8.92. The molecule has 0 aliphatic carbocycles. The maximum atomic E-state index is 11.8. The third-order valence-corrected chi connectivity index (χ3v) is 4.52. The van der Waals surface area contributed by atoms with Crippen molar-refractivity contribution in [2.45, 2.75) is 17.7 Å². The molecule has 17 heavy (non-hydrogen) atoms. The van der Waals surface area contributed by atoms with E-state index in [-0.39, 0.29) is 9.92 Å². The molecule has 0 unspecified atom stereocenters. The molecule has 0 aliphatic rings. The van der Waals surface area contributed by atoms with Gasteiger partial charge in [0.25, 0.3) is 0 Å². The van der Waals surface area contributed by atoms with Gasteiger partial charge >= 0.3 is 0 Å². The molecular weight excluding hydrogens is 305 g/mol.